The van der Waals surface area contributed by atoms with E-state index < -0.39 is 71.8 Å². The SMILES string of the molecule is CCC(C)C(C(CC(=O)N1C2CC2CC1C(OC)C(C)C(=O)NC(Cc1ccccc1F)C(=O)O)OC)N(C)C(=O)CNC(=O)C(C(C)C)N(C)C(=O)CCCCCN1C(=O)C=CC1=O. The van der Waals surface area contributed by atoms with Crippen LogP contribution in [-0.2, 0) is 54.3 Å². The smallest absolute Gasteiger partial charge is 0.326 e. The molecule has 2 fully saturated rings. The lowest BCUT2D eigenvalue weighted by Gasteiger charge is -2.40. The summed E-state index contributed by atoms with van der Waals surface area (Å²) in [4.78, 5) is 110. The first-order valence-corrected chi connectivity index (χ1v) is 22.7. The van der Waals surface area contributed by atoms with E-state index in [4.69, 9.17) is 9.47 Å². The van der Waals surface area contributed by atoms with Crippen molar-refractivity contribution in [1.82, 2.24) is 30.2 Å². The number of fused-ring (bicyclic) bond motifs is 1. The summed E-state index contributed by atoms with van der Waals surface area (Å²) in [7, 11) is 6.08. The number of ether oxygens (including phenoxy) is 2. The predicted molar refractivity (Wildman–Crippen MR) is 237 cm³/mol. The van der Waals surface area contributed by atoms with Gasteiger partial charge in [-0.15, -0.1) is 0 Å². The third kappa shape index (κ3) is 13.2. The number of carboxylic acid groups (broad SMARTS) is 1. The summed E-state index contributed by atoms with van der Waals surface area (Å²) in [6.07, 6.45) is 4.38. The van der Waals surface area contributed by atoms with Gasteiger partial charge in [0.15, 0.2) is 0 Å². The molecule has 0 bridgehead atoms. The zero-order valence-electron chi connectivity index (χ0n) is 39.3. The molecular formula is C47H69FN6O11. The summed E-state index contributed by atoms with van der Waals surface area (Å²) in [5.74, 6) is -5.71. The number of unbranched alkanes of at least 4 members (excludes halogenated alkanes) is 2. The van der Waals surface area contributed by atoms with Gasteiger partial charge >= 0.3 is 5.97 Å². The Balaban J connectivity index is 1.36. The van der Waals surface area contributed by atoms with Crippen molar-refractivity contribution in [3.8, 4) is 0 Å². The van der Waals surface area contributed by atoms with Crippen molar-refractivity contribution in [1.29, 1.82) is 0 Å². The number of carboxylic acids is 1. The van der Waals surface area contributed by atoms with E-state index in [2.05, 4.69) is 10.6 Å². The first-order valence-electron chi connectivity index (χ1n) is 22.7. The first-order chi connectivity index (χ1) is 30.8. The van der Waals surface area contributed by atoms with Crippen LogP contribution in [0.25, 0.3) is 0 Å². The van der Waals surface area contributed by atoms with Gasteiger partial charge in [-0.2, -0.15) is 0 Å². The zero-order valence-corrected chi connectivity index (χ0v) is 39.3. The molecule has 0 aromatic heterocycles. The Kier molecular flexibility index (Phi) is 19.2. The van der Waals surface area contributed by atoms with Crippen LogP contribution < -0.4 is 10.6 Å². The Hall–Kier alpha value is -5.23. The molecule has 0 radical (unpaired) electrons. The van der Waals surface area contributed by atoms with E-state index >= 15 is 0 Å². The van der Waals surface area contributed by atoms with Crippen LogP contribution in [0.3, 0.4) is 0 Å². The van der Waals surface area contributed by atoms with Crippen LogP contribution in [0.4, 0.5) is 4.39 Å². The van der Waals surface area contributed by atoms with E-state index in [0.29, 0.717) is 32.1 Å². The fourth-order valence-electron chi connectivity index (χ4n) is 9.44. The molecule has 1 aromatic rings. The van der Waals surface area contributed by atoms with E-state index in [0.717, 1.165) is 11.3 Å². The molecule has 2 aliphatic heterocycles. The number of aliphatic carboxylic acids is 1. The Labute approximate surface area is 381 Å². The molecule has 1 aliphatic carbocycles. The fourth-order valence-corrected chi connectivity index (χ4v) is 9.44. The second-order valence-corrected chi connectivity index (χ2v) is 18.1. The van der Waals surface area contributed by atoms with Gasteiger partial charge in [-0.3, -0.25) is 38.5 Å². The summed E-state index contributed by atoms with van der Waals surface area (Å²) in [5.41, 5.74) is 0.147. The van der Waals surface area contributed by atoms with Crippen LogP contribution in [0.1, 0.15) is 91.5 Å². The molecule has 3 N–H and O–H groups in total. The Morgan fingerprint density at radius 1 is 0.892 bits per heavy atom. The van der Waals surface area contributed by atoms with E-state index in [1.54, 1.807) is 32.0 Å². The topological polar surface area (TPSA) is 212 Å². The van der Waals surface area contributed by atoms with Crippen molar-refractivity contribution in [2.45, 2.75) is 135 Å². The maximum Gasteiger partial charge on any atom is 0.326 e. The molecule has 65 heavy (non-hydrogen) atoms. The molecule has 10 unspecified atom stereocenters. The van der Waals surface area contributed by atoms with E-state index in [-0.39, 0.29) is 85.3 Å². The van der Waals surface area contributed by atoms with Gasteiger partial charge in [0.2, 0.25) is 29.5 Å². The van der Waals surface area contributed by atoms with Crippen molar-refractivity contribution in [3.05, 3.63) is 47.8 Å². The normalized spacial score (nSPS) is 20.9. The average molecular weight is 913 g/mol. The molecule has 1 saturated heterocycles. The van der Waals surface area contributed by atoms with Crippen molar-refractivity contribution in [2.24, 2.45) is 23.7 Å². The molecule has 3 aliphatic rings. The second kappa shape index (κ2) is 23.8. The highest BCUT2D eigenvalue weighted by Crippen LogP contribution is 2.50. The number of rotatable bonds is 26. The summed E-state index contributed by atoms with van der Waals surface area (Å²) in [5, 5.41) is 15.2. The number of likely N-dealkylation sites (N-methyl/N-ethyl adjacent to an activating group) is 2. The number of halogens is 1. The Bertz CT molecular complexity index is 1910. The maximum atomic E-state index is 14.4. The quantitative estimate of drug-likeness (QED) is 0.0909. The molecule has 17 nitrogen and oxygen atoms in total. The van der Waals surface area contributed by atoms with Crippen LogP contribution >= 0.6 is 0 Å². The number of nitrogens with zero attached hydrogens (tertiary/aromatic N) is 4. The number of hydrogen-bond acceptors (Lipinski definition) is 10. The maximum absolute atomic E-state index is 14.4. The number of carbonyl (C=O) groups excluding carboxylic acids is 7. The number of likely N-dealkylation sites (tertiary alicyclic amines) is 1. The van der Waals surface area contributed by atoms with Gasteiger partial charge in [0.05, 0.1) is 43.2 Å². The zero-order chi connectivity index (χ0) is 48.3. The number of hydrogen-bond donors (Lipinski definition) is 3. The van der Waals surface area contributed by atoms with Crippen LogP contribution in [0.15, 0.2) is 36.4 Å². The molecule has 18 heteroatoms. The van der Waals surface area contributed by atoms with Crippen molar-refractivity contribution < 1.29 is 57.3 Å². The molecule has 0 spiro atoms. The Morgan fingerprint density at radius 2 is 1.55 bits per heavy atom. The lowest BCUT2D eigenvalue weighted by molar-refractivity contribution is -0.148. The number of imide groups is 1. The number of nitrogens with one attached hydrogen (secondary N) is 2. The highest BCUT2D eigenvalue weighted by atomic mass is 19.1. The van der Waals surface area contributed by atoms with Crippen molar-refractivity contribution in [3.63, 3.8) is 0 Å². The van der Waals surface area contributed by atoms with Crippen LogP contribution in [0.5, 0.6) is 0 Å². The number of benzene rings is 1. The Morgan fingerprint density at radius 3 is 2.14 bits per heavy atom. The number of amides is 7. The van der Waals surface area contributed by atoms with Gasteiger partial charge in [-0.05, 0) is 55.1 Å². The molecule has 10 atom stereocenters. The predicted octanol–water partition coefficient (Wildman–Crippen LogP) is 2.94. The minimum Gasteiger partial charge on any atom is -0.480 e. The summed E-state index contributed by atoms with van der Waals surface area (Å²) in [6, 6.07) is 2.35. The standard InChI is InChI=1S/C47H69FN6O11/c1-10-28(4)43(52(7)41(59)26-49-46(61)42(27(2)3)51(6)37(55)18-12-11-15-21-53-38(56)19-20-39(53)57)36(64-8)25-40(58)54-34-23-31(34)24-35(54)44(65-9)29(5)45(60)50-33(47(62)63)22-30-16-13-14-17-32(30)48/h13-14,16-17,19-20,27-29,31,33-36,42-44H,10-12,15,18,21-26H2,1-9H3,(H,49,61)(H,50,60)(H,62,63). The van der Waals surface area contributed by atoms with Gasteiger partial charge in [0, 0.05) is 65.9 Å². The van der Waals surface area contributed by atoms with Gasteiger partial charge in [0.1, 0.15) is 17.9 Å². The molecule has 1 aromatic carbocycles. The first kappa shape index (κ1) is 52.4. The second-order valence-electron chi connectivity index (χ2n) is 18.1. The average Bonchev–Trinajstić information content (AvgIpc) is 3.81. The molecule has 360 valence electrons. The van der Waals surface area contributed by atoms with Gasteiger partial charge in [-0.25, -0.2) is 9.18 Å². The minimum atomic E-state index is -1.40. The van der Waals surface area contributed by atoms with Gasteiger partial charge < -0.3 is 39.9 Å². The highest BCUT2D eigenvalue weighted by molar-refractivity contribution is 6.12. The number of carbonyl (C=O) groups is 8. The molecule has 2 heterocycles. The van der Waals surface area contributed by atoms with Crippen LogP contribution in [-0.4, -0.2) is 156 Å². The van der Waals surface area contributed by atoms with Crippen LogP contribution in [0, 0.1) is 29.5 Å². The van der Waals surface area contributed by atoms with Crippen molar-refractivity contribution in [2.75, 3.05) is 41.4 Å². The highest BCUT2D eigenvalue weighted by Gasteiger charge is 2.57. The molecule has 4 rings (SSSR count). The molecule has 7 amide bonds. The largest absolute Gasteiger partial charge is 0.480 e. The van der Waals surface area contributed by atoms with Gasteiger partial charge in [-0.1, -0.05) is 65.7 Å². The summed E-state index contributed by atoms with van der Waals surface area (Å²) in [6.45, 7) is 9.05. The lowest BCUT2D eigenvalue weighted by atomic mass is 9.90. The van der Waals surface area contributed by atoms with Gasteiger partial charge in [0.25, 0.3) is 11.8 Å². The van der Waals surface area contributed by atoms with E-state index in [1.807, 2.05) is 27.7 Å². The monoisotopic (exact) mass is 913 g/mol. The number of methoxy groups -OCH3 is 2. The molecule has 1 saturated carbocycles. The van der Waals surface area contributed by atoms with E-state index in [1.165, 1.54) is 54.4 Å². The lowest BCUT2D eigenvalue weighted by Crippen LogP contribution is -2.56. The summed E-state index contributed by atoms with van der Waals surface area (Å²) < 4.78 is 26.2. The third-order valence-corrected chi connectivity index (χ3v) is 13.4. The summed E-state index contributed by atoms with van der Waals surface area (Å²) >= 11 is 0. The molecular weight excluding hydrogens is 844 g/mol. The third-order valence-electron chi connectivity index (χ3n) is 13.4. The number of piperidine rings is 1. The van der Waals surface area contributed by atoms with Crippen LogP contribution in [0.2, 0.25) is 0 Å². The minimum absolute atomic E-state index is 0.0716. The van der Waals surface area contributed by atoms with Crippen molar-refractivity contribution >= 4 is 47.3 Å². The fraction of sp³-hybridized carbons (Fsp3) is 0.660. The van der Waals surface area contributed by atoms with E-state index in [9.17, 15) is 47.9 Å².